The van der Waals surface area contributed by atoms with Gasteiger partial charge < -0.3 is 10.4 Å². The molecule has 6 heteroatoms. The smallest absolute Gasteiger partial charge is 0.303 e. The highest BCUT2D eigenvalue weighted by molar-refractivity contribution is 5.79. The Morgan fingerprint density at radius 2 is 2.11 bits per heavy atom. The van der Waals surface area contributed by atoms with Crippen LogP contribution in [-0.2, 0) is 16.0 Å². The fourth-order valence-electron chi connectivity index (χ4n) is 1.73. The summed E-state index contributed by atoms with van der Waals surface area (Å²) in [6.07, 6.45) is 0.765. The van der Waals surface area contributed by atoms with E-state index in [4.69, 9.17) is 5.11 Å². The molecule has 0 aromatic carbocycles. The Bertz CT molecular complexity index is 420. The Hall–Kier alpha value is -1.85. The monoisotopic (exact) mass is 253 g/mol. The van der Waals surface area contributed by atoms with Crippen molar-refractivity contribution < 1.29 is 14.7 Å². The number of nitrogens with zero attached hydrogens (tertiary/aromatic N) is 1. The fourth-order valence-corrected chi connectivity index (χ4v) is 1.73. The molecule has 1 heterocycles. The number of amides is 1. The van der Waals surface area contributed by atoms with Gasteiger partial charge in [0.05, 0.1) is 12.1 Å². The van der Waals surface area contributed by atoms with Crippen LogP contribution in [-0.4, -0.2) is 33.2 Å². The lowest BCUT2D eigenvalue weighted by Crippen LogP contribution is -2.34. The second-order valence-electron chi connectivity index (χ2n) is 4.49. The molecule has 0 radical (unpaired) electrons. The van der Waals surface area contributed by atoms with E-state index in [-0.39, 0.29) is 24.8 Å². The van der Waals surface area contributed by atoms with Crippen molar-refractivity contribution in [1.29, 1.82) is 0 Å². The lowest BCUT2D eigenvalue weighted by molar-refractivity contribution is -0.137. The normalized spacial score (nSPS) is 12.2. The van der Waals surface area contributed by atoms with Gasteiger partial charge in [0.2, 0.25) is 5.91 Å². The van der Waals surface area contributed by atoms with Crippen molar-refractivity contribution >= 4 is 11.9 Å². The van der Waals surface area contributed by atoms with Crippen LogP contribution in [0.3, 0.4) is 0 Å². The molecule has 1 aromatic rings. The average Bonchev–Trinajstić information content (AvgIpc) is 2.58. The molecule has 6 nitrogen and oxygen atoms in total. The van der Waals surface area contributed by atoms with Crippen LogP contribution in [0.25, 0.3) is 0 Å². The molecule has 1 aromatic heterocycles. The number of aromatic amines is 1. The molecular weight excluding hydrogens is 234 g/mol. The van der Waals surface area contributed by atoms with Crippen LogP contribution in [0.1, 0.15) is 36.7 Å². The molecule has 18 heavy (non-hydrogen) atoms. The van der Waals surface area contributed by atoms with Gasteiger partial charge in [0.25, 0.3) is 0 Å². The van der Waals surface area contributed by atoms with Gasteiger partial charge in [-0.1, -0.05) is 0 Å². The predicted octanol–water partition coefficient (Wildman–Crippen LogP) is 0.939. The lowest BCUT2D eigenvalue weighted by Gasteiger charge is -2.12. The third-order valence-corrected chi connectivity index (χ3v) is 2.82. The van der Waals surface area contributed by atoms with Gasteiger partial charge in [-0.25, -0.2) is 0 Å². The van der Waals surface area contributed by atoms with Crippen LogP contribution in [0.15, 0.2) is 0 Å². The minimum absolute atomic E-state index is 0.0607. The Kier molecular flexibility index (Phi) is 4.88. The van der Waals surface area contributed by atoms with E-state index < -0.39 is 5.97 Å². The van der Waals surface area contributed by atoms with Gasteiger partial charge >= 0.3 is 5.97 Å². The molecule has 0 fully saturated rings. The van der Waals surface area contributed by atoms with Crippen LogP contribution in [0.5, 0.6) is 0 Å². The highest BCUT2D eigenvalue weighted by Crippen LogP contribution is 2.10. The van der Waals surface area contributed by atoms with Gasteiger partial charge in [0, 0.05) is 23.7 Å². The van der Waals surface area contributed by atoms with E-state index in [9.17, 15) is 9.59 Å². The van der Waals surface area contributed by atoms with Crippen molar-refractivity contribution in [1.82, 2.24) is 15.5 Å². The number of nitrogens with one attached hydrogen (secondary N) is 2. The number of hydrogen-bond acceptors (Lipinski definition) is 3. The van der Waals surface area contributed by atoms with Crippen molar-refractivity contribution in [3.8, 4) is 0 Å². The second kappa shape index (κ2) is 6.18. The number of aromatic nitrogens is 2. The number of carboxylic acids is 1. The zero-order valence-electron chi connectivity index (χ0n) is 10.9. The number of aryl methyl sites for hydroxylation is 2. The summed E-state index contributed by atoms with van der Waals surface area (Å²) in [5.74, 6) is -0.960. The van der Waals surface area contributed by atoms with E-state index in [1.807, 2.05) is 13.8 Å². The molecule has 3 N–H and O–H groups in total. The van der Waals surface area contributed by atoms with E-state index in [1.165, 1.54) is 0 Å². The molecule has 1 unspecified atom stereocenters. The largest absolute Gasteiger partial charge is 0.481 e. The van der Waals surface area contributed by atoms with Crippen molar-refractivity contribution in [2.24, 2.45) is 0 Å². The van der Waals surface area contributed by atoms with E-state index >= 15 is 0 Å². The number of H-pyrrole nitrogens is 1. The Morgan fingerprint density at radius 1 is 1.44 bits per heavy atom. The molecule has 0 spiro atoms. The summed E-state index contributed by atoms with van der Waals surface area (Å²) in [4.78, 5) is 22.2. The number of carbonyl (C=O) groups is 2. The molecule has 0 aliphatic carbocycles. The first kappa shape index (κ1) is 14.2. The van der Waals surface area contributed by atoms with E-state index in [0.717, 1.165) is 17.0 Å². The first-order chi connectivity index (χ1) is 8.40. The SMILES string of the molecule is Cc1n[nH]c(C)c1CC(=O)NC(C)CCC(=O)O. The lowest BCUT2D eigenvalue weighted by atomic mass is 10.1. The minimum Gasteiger partial charge on any atom is -0.481 e. The number of rotatable bonds is 6. The maximum absolute atomic E-state index is 11.8. The Balaban J connectivity index is 2.44. The molecular formula is C12H19N3O3. The first-order valence-corrected chi connectivity index (χ1v) is 5.91. The predicted molar refractivity (Wildman–Crippen MR) is 66.2 cm³/mol. The van der Waals surface area contributed by atoms with E-state index in [2.05, 4.69) is 15.5 Å². The number of carbonyl (C=O) groups excluding carboxylic acids is 1. The highest BCUT2D eigenvalue weighted by Gasteiger charge is 2.13. The highest BCUT2D eigenvalue weighted by atomic mass is 16.4. The molecule has 1 atom stereocenters. The summed E-state index contributed by atoms with van der Waals surface area (Å²) in [5.41, 5.74) is 2.61. The zero-order valence-corrected chi connectivity index (χ0v) is 10.9. The van der Waals surface area contributed by atoms with Gasteiger partial charge in [-0.15, -0.1) is 0 Å². The molecule has 1 rings (SSSR count). The molecule has 100 valence electrons. The third kappa shape index (κ3) is 4.20. The summed E-state index contributed by atoms with van der Waals surface area (Å²) in [7, 11) is 0. The van der Waals surface area contributed by atoms with Crippen LogP contribution in [0.4, 0.5) is 0 Å². The maximum atomic E-state index is 11.8. The topological polar surface area (TPSA) is 95.1 Å². The van der Waals surface area contributed by atoms with Gasteiger partial charge in [-0.2, -0.15) is 5.10 Å². The van der Waals surface area contributed by atoms with Crippen LogP contribution in [0.2, 0.25) is 0 Å². The van der Waals surface area contributed by atoms with Gasteiger partial charge in [-0.05, 0) is 27.2 Å². The van der Waals surface area contributed by atoms with Crippen molar-refractivity contribution in [3.05, 3.63) is 17.0 Å². The van der Waals surface area contributed by atoms with Crippen molar-refractivity contribution in [2.45, 2.75) is 46.1 Å². The molecule has 1 amide bonds. The standard InChI is InChI=1S/C12H19N3O3/c1-7(4-5-12(17)18)13-11(16)6-10-8(2)14-15-9(10)3/h7H,4-6H2,1-3H3,(H,13,16)(H,14,15)(H,17,18). The zero-order chi connectivity index (χ0) is 13.7. The Morgan fingerprint density at radius 3 is 2.61 bits per heavy atom. The van der Waals surface area contributed by atoms with E-state index in [0.29, 0.717) is 6.42 Å². The molecule has 0 bridgehead atoms. The second-order valence-corrected chi connectivity index (χ2v) is 4.49. The summed E-state index contributed by atoms with van der Waals surface area (Å²) in [6, 6.07) is -0.138. The molecule has 0 saturated carbocycles. The van der Waals surface area contributed by atoms with Crippen molar-refractivity contribution in [3.63, 3.8) is 0 Å². The minimum atomic E-state index is -0.849. The summed E-state index contributed by atoms with van der Waals surface area (Å²) < 4.78 is 0. The number of hydrogen-bond donors (Lipinski definition) is 3. The fraction of sp³-hybridized carbons (Fsp3) is 0.583. The first-order valence-electron chi connectivity index (χ1n) is 5.91. The average molecular weight is 253 g/mol. The Labute approximate surface area is 106 Å². The van der Waals surface area contributed by atoms with Crippen LogP contribution < -0.4 is 5.32 Å². The van der Waals surface area contributed by atoms with Gasteiger partial charge in [0.15, 0.2) is 0 Å². The maximum Gasteiger partial charge on any atom is 0.303 e. The summed E-state index contributed by atoms with van der Waals surface area (Å²) in [6.45, 7) is 5.52. The molecule has 0 aliphatic heterocycles. The van der Waals surface area contributed by atoms with E-state index in [1.54, 1.807) is 6.92 Å². The molecule has 0 aliphatic rings. The number of carboxylic acid groups (broad SMARTS) is 1. The number of aliphatic carboxylic acids is 1. The third-order valence-electron chi connectivity index (χ3n) is 2.82. The van der Waals surface area contributed by atoms with Gasteiger partial charge in [0.1, 0.15) is 0 Å². The quantitative estimate of drug-likeness (QED) is 0.703. The molecule has 0 saturated heterocycles. The summed E-state index contributed by atoms with van der Waals surface area (Å²) >= 11 is 0. The van der Waals surface area contributed by atoms with Crippen LogP contribution >= 0.6 is 0 Å². The van der Waals surface area contributed by atoms with Crippen LogP contribution in [0, 0.1) is 13.8 Å². The summed E-state index contributed by atoms with van der Waals surface area (Å²) in [5, 5.41) is 18.2. The van der Waals surface area contributed by atoms with Gasteiger partial charge in [-0.3, -0.25) is 14.7 Å². The van der Waals surface area contributed by atoms with Crippen molar-refractivity contribution in [2.75, 3.05) is 0 Å².